The lowest BCUT2D eigenvalue weighted by atomic mass is 10.3. The molecule has 0 unspecified atom stereocenters. The van der Waals surface area contributed by atoms with E-state index in [0.717, 1.165) is 6.42 Å². The summed E-state index contributed by atoms with van der Waals surface area (Å²) < 4.78 is 10.7. The average Bonchev–Trinajstić information content (AvgIpc) is 3.05. The molecule has 0 spiro atoms. The summed E-state index contributed by atoms with van der Waals surface area (Å²) >= 11 is 5.82. The molecule has 6 nitrogen and oxygen atoms in total. The SMILES string of the molecule is O=C(COc1ccc(Cl)cc1)N1CCCN(C(=O)c2ccco2)CC1. The van der Waals surface area contributed by atoms with Gasteiger partial charge in [0.1, 0.15) is 5.75 Å². The second-order valence-electron chi connectivity index (χ2n) is 5.75. The Labute approximate surface area is 150 Å². The van der Waals surface area contributed by atoms with Gasteiger partial charge in [-0.05, 0) is 42.8 Å². The molecule has 1 aromatic carbocycles. The molecule has 0 bridgehead atoms. The molecule has 132 valence electrons. The van der Waals surface area contributed by atoms with Gasteiger partial charge in [0.15, 0.2) is 12.4 Å². The van der Waals surface area contributed by atoms with Gasteiger partial charge in [0.25, 0.3) is 11.8 Å². The van der Waals surface area contributed by atoms with E-state index >= 15 is 0 Å². The number of halogens is 1. The summed E-state index contributed by atoms with van der Waals surface area (Å²) in [7, 11) is 0. The maximum atomic E-state index is 12.3. The third-order valence-corrected chi connectivity index (χ3v) is 4.30. The van der Waals surface area contributed by atoms with Gasteiger partial charge in [0, 0.05) is 31.2 Å². The van der Waals surface area contributed by atoms with Crippen molar-refractivity contribution in [2.45, 2.75) is 6.42 Å². The molecule has 0 saturated carbocycles. The number of hydrogen-bond acceptors (Lipinski definition) is 4. The van der Waals surface area contributed by atoms with Crippen LogP contribution in [0.4, 0.5) is 0 Å². The highest BCUT2D eigenvalue weighted by Gasteiger charge is 2.24. The number of furan rings is 1. The van der Waals surface area contributed by atoms with Gasteiger partial charge in [-0.2, -0.15) is 0 Å². The van der Waals surface area contributed by atoms with E-state index < -0.39 is 0 Å². The zero-order valence-electron chi connectivity index (χ0n) is 13.7. The average molecular weight is 363 g/mol. The molecule has 1 aromatic heterocycles. The van der Waals surface area contributed by atoms with Crippen molar-refractivity contribution in [1.29, 1.82) is 0 Å². The highest BCUT2D eigenvalue weighted by molar-refractivity contribution is 6.30. The Kier molecular flexibility index (Phi) is 5.60. The molecular formula is C18H19ClN2O4. The standard InChI is InChI=1S/C18H19ClN2O4/c19-14-4-6-15(7-5-14)25-13-17(22)20-8-2-9-21(11-10-20)18(23)16-3-1-12-24-16/h1,3-7,12H,2,8-11,13H2. The van der Waals surface area contributed by atoms with Crippen molar-refractivity contribution in [2.75, 3.05) is 32.8 Å². The van der Waals surface area contributed by atoms with Crippen LogP contribution < -0.4 is 4.74 Å². The molecule has 2 amide bonds. The predicted molar refractivity (Wildman–Crippen MR) is 92.8 cm³/mol. The Hall–Kier alpha value is -2.47. The van der Waals surface area contributed by atoms with Crippen LogP contribution in [0.15, 0.2) is 47.1 Å². The Morgan fingerprint density at radius 1 is 1.04 bits per heavy atom. The highest BCUT2D eigenvalue weighted by atomic mass is 35.5. The fourth-order valence-electron chi connectivity index (χ4n) is 2.69. The number of benzene rings is 1. The van der Waals surface area contributed by atoms with Crippen molar-refractivity contribution in [3.8, 4) is 5.75 Å². The van der Waals surface area contributed by atoms with E-state index in [1.165, 1.54) is 6.26 Å². The van der Waals surface area contributed by atoms with Gasteiger partial charge >= 0.3 is 0 Å². The molecule has 2 heterocycles. The van der Waals surface area contributed by atoms with Crippen molar-refractivity contribution in [2.24, 2.45) is 0 Å². The lowest BCUT2D eigenvalue weighted by molar-refractivity contribution is -0.133. The molecular weight excluding hydrogens is 344 g/mol. The molecule has 2 aromatic rings. The van der Waals surface area contributed by atoms with E-state index in [4.69, 9.17) is 20.8 Å². The van der Waals surface area contributed by atoms with Gasteiger partial charge in [0.05, 0.1) is 6.26 Å². The minimum atomic E-state index is -0.142. The van der Waals surface area contributed by atoms with Crippen molar-refractivity contribution in [3.05, 3.63) is 53.4 Å². The Morgan fingerprint density at radius 2 is 1.76 bits per heavy atom. The van der Waals surface area contributed by atoms with E-state index in [1.807, 2.05) is 0 Å². The predicted octanol–water partition coefficient (Wildman–Crippen LogP) is 2.69. The molecule has 25 heavy (non-hydrogen) atoms. The van der Waals surface area contributed by atoms with Gasteiger partial charge in [0.2, 0.25) is 0 Å². The fraction of sp³-hybridized carbons (Fsp3) is 0.333. The minimum absolute atomic E-state index is 0.0340. The first kappa shape index (κ1) is 17.4. The van der Waals surface area contributed by atoms with E-state index in [9.17, 15) is 9.59 Å². The summed E-state index contributed by atoms with van der Waals surface area (Å²) in [5.41, 5.74) is 0. The van der Waals surface area contributed by atoms with Crippen LogP contribution in [0.1, 0.15) is 17.0 Å². The van der Waals surface area contributed by atoms with E-state index in [2.05, 4.69) is 0 Å². The molecule has 0 radical (unpaired) electrons. The van der Waals surface area contributed by atoms with Crippen molar-refractivity contribution >= 4 is 23.4 Å². The lowest BCUT2D eigenvalue weighted by Crippen LogP contribution is -2.39. The topological polar surface area (TPSA) is 63.0 Å². The Balaban J connectivity index is 1.51. The quantitative estimate of drug-likeness (QED) is 0.839. The molecule has 0 N–H and O–H groups in total. The maximum absolute atomic E-state index is 12.3. The third kappa shape index (κ3) is 4.54. The molecule has 0 aliphatic carbocycles. The molecule has 1 fully saturated rings. The summed E-state index contributed by atoms with van der Waals surface area (Å²) in [6, 6.07) is 10.2. The number of ether oxygens (including phenoxy) is 1. The van der Waals surface area contributed by atoms with Gasteiger partial charge in [-0.3, -0.25) is 9.59 Å². The first-order valence-electron chi connectivity index (χ1n) is 8.12. The van der Waals surface area contributed by atoms with Crippen LogP contribution in [-0.4, -0.2) is 54.4 Å². The lowest BCUT2D eigenvalue weighted by Gasteiger charge is -2.21. The number of amides is 2. The summed E-state index contributed by atoms with van der Waals surface area (Å²) in [5, 5.41) is 0.618. The number of rotatable bonds is 4. The van der Waals surface area contributed by atoms with Crippen molar-refractivity contribution < 1.29 is 18.7 Å². The second kappa shape index (κ2) is 8.07. The fourth-order valence-corrected chi connectivity index (χ4v) is 2.82. The van der Waals surface area contributed by atoms with Gasteiger partial charge in [-0.25, -0.2) is 0 Å². The third-order valence-electron chi connectivity index (χ3n) is 4.04. The molecule has 0 atom stereocenters. The first-order chi connectivity index (χ1) is 12.1. The van der Waals surface area contributed by atoms with Gasteiger partial charge < -0.3 is 19.0 Å². The number of carbonyl (C=O) groups is 2. The first-order valence-corrected chi connectivity index (χ1v) is 8.50. The number of hydrogen-bond donors (Lipinski definition) is 0. The summed E-state index contributed by atoms with van der Waals surface area (Å²) in [5.74, 6) is 0.687. The van der Waals surface area contributed by atoms with E-state index in [1.54, 1.807) is 46.2 Å². The summed E-state index contributed by atoms with van der Waals surface area (Å²) in [6.45, 7) is 2.13. The number of carbonyl (C=O) groups excluding carboxylic acids is 2. The minimum Gasteiger partial charge on any atom is -0.484 e. The van der Waals surface area contributed by atoms with Gasteiger partial charge in [-0.15, -0.1) is 0 Å². The van der Waals surface area contributed by atoms with Crippen LogP contribution in [0.3, 0.4) is 0 Å². The van der Waals surface area contributed by atoms with Crippen molar-refractivity contribution in [3.63, 3.8) is 0 Å². The number of nitrogens with zero attached hydrogens (tertiary/aromatic N) is 2. The van der Waals surface area contributed by atoms with Crippen LogP contribution in [0, 0.1) is 0 Å². The Morgan fingerprint density at radius 3 is 2.48 bits per heavy atom. The summed E-state index contributed by atoms with van der Waals surface area (Å²) in [4.78, 5) is 28.1. The van der Waals surface area contributed by atoms with Gasteiger partial charge in [-0.1, -0.05) is 11.6 Å². The van der Waals surface area contributed by atoms with Crippen LogP contribution in [0.25, 0.3) is 0 Å². The van der Waals surface area contributed by atoms with Crippen LogP contribution in [-0.2, 0) is 4.79 Å². The zero-order chi connectivity index (χ0) is 17.6. The monoisotopic (exact) mass is 362 g/mol. The zero-order valence-corrected chi connectivity index (χ0v) is 14.4. The van der Waals surface area contributed by atoms with Crippen LogP contribution in [0.2, 0.25) is 5.02 Å². The molecule has 1 saturated heterocycles. The molecule has 1 aliphatic heterocycles. The van der Waals surface area contributed by atoms with Crippen LogP contribution in [0.5, 0.6) is 5.75 Å². The summed E-state index contributed by atoms with van der Waals surface area (Å²) in [6.07, 6.45) is 2.20. The smallest absolute Gasteiger partial charge is 0.289 e. The Bertz CT molecular complexity index is 715. The van der Waals surface area contributed by atoms with E-state index in [0.29, 0.717) is 42.7 Å². The van der Waals surface area contributed by atoms with Crippen LogP contribution >= 0.6 is 11.6 Å². The normalized spacial score (nSPS) is 14.9. The van der Waals surface area contributed by atoms with Crippen molar-refractivity contribution in [1.82, 2.24) is 9.80 Å². The highest BCUT2D eigenvalue weighted by Crippen LogP contribution is 2.16. The molecule has 1 aliphatic rings. The van der Waals surface area contributed by atoms with E-state index in [-0.39, 0.29) is 18.4 Å². The maximum Gasteiger partial charge on any atom is 0.289 e. The molecule has 3 rings (SSSR count). The molecule has 7 heteroatoms. The largest absolute Gasteiger partial charge is 0.484 e. The second-order valence-corrected chi connectivity index (χ2v) is 6.18.